The van der Waals surface area contributed by atoms with Crippen molar-refractivity contribution in [2.45, 2.75) is 6.92 Å². The molecule has 0 saturated carbocycles. The highest BCUT2D eigenvalue weighted by atomic mass is 16.1. The zero-order valence-corrected chi connectivity index (χ0v) is 10.8. The summed E-state index contributed by atoms with van der Waals surface area (Å²) in [5.74, 6) is 0.00723. The Morgan fingerprint density at radius 3 is 2.11 bits per heavy atom. The number of hydrogen-bond donors (Lipinski definition) is 0. The first-order valence-electron chi connectivity index (χ1n) is 5.82. The van der Waals surface area contributed by atoms with Crippen LogP contribution in [0.3, 0.4) is 0 Å². The molecule has 0 spiro atoms. The molecule has 0 aliphatic rings. The smallest absolute Gasteiger partial charge is 0.194 e. The van der Waals surface area contributed by atoms with Gasteiger partial charge in [-0.25, -0.2) is 0 Å². The fourth-order valence-electron chi connectivity index (χ4n) is 1.68. The van der Waals surface area contributed by atoms with Crippen molar-refractivity contribution in [3.05, 3.63) is 59.4 Å². The molecule has 18 heavy (non-hydrogen) atoms. The number of ketones is 1. The van der Waals surface area contributed by atoms with Gasteiger partial charge in [-0.3, -0.25) is 9.78 Å². The second-order valence-corrected chi connectivity index (χ2v) is 4.46. The molecule has 0 radical (unpaired) electrons. The van der Waals surface area contributed by atoms with Crippen molar-refractivity contribution in [2.24, 2.45) is 0 Å². The third-order valence-corrected chi connectivity index (χ3v) is 2.82. The van der Waals surface area contributed by atoms with E-state index >= 15 is 0 Å². The van der Waals surface area contributed by atoms with Crippen LogP contribution in [-0.4, -0.2) is 24.9 Å². The van der Waals surface area contributed by atoms with Crippen molar-refractivity contribution in [1.29, 1.82) is 0 Å². The largest absolute Gasteiger partial charge is 0.378 e. The van der Waals surface area contributed by atoms with E-state index in [0.717, 1.165) is 11.4 Å². The zero-order chi connectivity index (χ0) is 13.1. The van der Waals surface area contributed by atoms with Gasteiger partial charge in [0.05, 0.1) is 0 Å². The molecule has 0 aliphatic carbocycles. The van der Waals surface area contributed by atoms with Crippen LogP contribution in [0.25, 0.3) is 0 Å². The number of benzene rings is 1. The summed E-state index contributed by atoms with van der Waals surface area (Å²) in [6, 6.07) is 11.2. The average molecular weight is 240 g/mol. The SMILES string of the molecule is Cc1ccc(C(=O)c2ccc(N(C)C)cc2)cn1. The lowest BCUT2D eigenvalue weighted by atomic mass is 10.0. The monoisotopic (exact) mass is 240 g/mol. The molecule has 2 aromatic rings. The van der Waals surface area contributed by atoms with Crippen molar-refractivity contribution in [3.8, 4) is 0 Å². The number of aromatic nitrogens is 1. The van der Waals surface area contributed by atoms with Gasteiger partial charge in [0.1, 0.15) is 0 Å². The lowest BCUT2D eigenvalue weighted by molar-refractivity contribution is 0.103. The van der Waals surface area contributed by atoms with E-state index in [1.807, 2.05) is 62.3 Å². The number of carbonyl (C=O) groups is 1. The molecule has 3 nitrogen and oxygen atoms in total. The number of rotatable bonds is 3. The lowest BCUT2D eigenvalue weighted by Gasteiger charge is -2.12. The highest BCUT2D eigenvalue weighted by Gasteiger charge is 2.09. The van der Waals surface area contributed by atoms with Crippen LogP contribution in [-0.2, 0) is 0 Å². The van der Waals surface area contributed by atoms with Gasteiger partial charge in [-0.2, -0.15) is 0 Å². The predicted octanol–water partition coefficient (Wildman–Crippen LogP) is 2.69. The van der Waals surface area contributed by atoms with E-state index in [1.165, 1.54) is 0 Å². The van der Waals surface area contributed by atoms with Crippen LogP contribution in [0, 0.1) is 6.92 Å². The van der Waals surface area contributed by atoms with Crippen LogP contribution in [0.5, 0.6) is 0 Å². The molecule has 0 bridgehead atoms. The van der Waals surface area contributed by atoms with E-state index in [1.54, 1.807) is 6.20 Å². The molecule has 0 fully saturated rings. The summed E-state index contributed by atoms with van der Waals surface area (Å²) in [4.78, 5) is 18.3. The minimum absolute atomic E-state index is 0.00723. The Morgan fingerprint density at radius 1 is 1.00 bits per heavy atom. The number of aryl methyl sites for hydroxylation is 1. The Morgan fingerprint density at radius 2 is 1.61 bits per heavy atom. The van der Waals surface area contributed by atoms with Crippen molar-refractivity contribution in [1.82, 2.24) is 4.98 Å². The summed E-state index contributed by atoms with van der Waals surface area (Å²) in [6.45, 7) is 1.90. The fourth-order valence-corrected chi connectivity index (χ4v) is 1.68. The quantitative estimate of drug-likeness (QED) is 0.773. The van der Waals surface area contributed by atoms with E-state index < -0.39 is 0 Å². The Bertz CT molecular complexity index is 542. The minimum atomic E-state index is 0.00723. The second-order valence-electron chi connectivity index (χ2n) is 4.46. The number of hydrogen-bond acceptors (Lipinski definition) is 3. The van der Waals surface area contributed by atoms with Gasteiger partial charge in [0.25, 0.3) is 0 Å². The highest BCUT2D eigenvalue weighted by Crippen LogP contribution is 2.15. The maximum absolute atomic E-state index is 12.2. The summed E-state index contributed by atoms with van der Waals surface area (Å²) in [7, 11) is 3.95. The van der Waals surface area contributed by atoms with Crippen molar-refractivity contribution < 1.29 is 4.79 Å². The molecule has 3 heteroatoms. The predicted molar refractivity (Wildman–Crippen MR) is 73.2 cm³/mol. The fraction of sp³-hybridized carbons (Fsp3) is 0.200. The Balaban J connectivity index is 2.26. The zero-order valence-electron chi connectivity index (χ0n) is 10.8. The maximum atomic E-state index is 12.2. The number of pyridine rings is 1. The highest BCUT2D eigenvalue weighted by molar-refractivity contribution is 6.08. The van der Waals surface area contributed by atoms with Crippen molar-refractivity contribution in [2.75, 3.05) is 19.0 Å². The standard InChI is InChI=1S/C15H16N2O/c1-11-4-5-13(10-16-11)15(18)12-6-8-14(9-7-12)17(2)3/h4-10H,1-3H3. The van der Waals surface area contributed by atoms with Crippen molar-refractivity contribution in [3.63, 3.8) is 0 Å². The first-order chi connectivity index (χ1) is 8.58. The molecule has 0 aliphatic heterocycles. The van der Waals surface area contributed by atoms with Gasteiger partial charge < -0.3 is 4.90 Å². The topological polar surface area (TPSA) is 33.2 Å². The van der Waals surface area contributed by atoms with Gasteiger partial charge in [-0.15, -0.1) is 0 Å². The van der Waals surface area contributed by atoms with Crippen LogP contribution < -0.4 is 4.90 Å². The summed E-state index contributed by atoms with van der Waals surface area (Å²) in [5, 5.41) is 0. The number of anilines is 1. The van der Waals surface area contributed by atoms with Crippen molar-refractivity contribution >= 4 is 11.5 Å². The van der Waals surface area contributed by atoms with Crippen LogP contribution in [0.2, 0.25) is 0 Å². The van der Waals surface area contributed by atoms with E-state index in [0.29, 0.717) is 11.1 Å². The molecular weight excluding hydrogens is 224 g/mol. The molecule has 0 N–H and O–H groups in total. The van der Waals surface area contributed by atoms with E-state index in [-0.39, 0.29) is 5.78 Å². The summed E-state index contributed by atoms with van der Waals surface area (Å²) in [6.07, 6.45) is 1.62. The normalized spacial score (nSPS) is 10.2. The first kappa shape index (κ1) is 12.3. The van der Waals surface area contributed by atoms with Gasteiger partial charge >= 0.3 is 0 Å². The van der Waals surface area contributed by atoms with E-state index in [2.05, 4.69) is 4.98 Å². The minimum Gasteiger partial charge on any atom is -0.378 e. The van der Waals surface area contributed by atoms with E-state index in [9.17, 15) is 4.79 Å². The molecule has 2 rings (SSSR count). The van der Waals surface area contributed by atoms with Gasteiger partial charge in [0.15, 0.2) is 5.78 Å². The van der Waals surface area contributed by atoms with Gasteiger partial charge in [-0.1, -0.05) is 0 Å². The van der Waals surface area contributed by atoms with Crippen LogP contribution in [0.15, 0.2) is 42.6 Å². The first-order valence-corrected chi connectivity index (χ1v) is 5.82. The molecule has 1 heterocycles. The van der Waals surface area contributed by atoms with Gasteiger partial charge in [0, 0.05) is 42.8 Å². The summed E-state index contributed by atoms with van der Waals surface area (Å²) >= 11 is 0. The third-order valence-electron chi connectivity index (χ3n) is 2.82. The number of carbonyl (C=O) groups excluding carboxylic acids is 1. The van der Waals surface area contributed by atoms with Crippen LogP contribution in [0.4, 0.5) is 5.69 Å². The maximum Gasteiger partial charge on any atom is 0.194 e. The summed E-state index contributed by atoms with van der Waals surface area (Å²) in [5.41, 5.74) is 3.30. The van der Waals surface area contributed by atoms with Crippen LogP contribution in [0.1, 0.15) is 21.6 Å². The van der Waals surface area contributed by atoms with Crippen LogP contribution >= 0.6 is 0 Å². The molecule has 0 saturated heterocycles. The molecule has 1 aromatic carbocycles. The van der Waals surface area contributed by atoms with Gasteiger partial charge in [-0.05, 0) is 43.3 Å². The molecule has 0 amide bonds. The Hall–Kier alpha value is -2.16. The molecular formula is C15H16N2O. The molecule has 0 atom stereocenters. The average Bonchev–Trinajstić information content (AvgIpc) is 2.39. The molecule has 92 valence electrons. The second kappa shape index (κ2) is 5.00. The Kier molecular flexibility index (Phi) is 3.42. The van der Waals surface area contributed by atoms with E-state index in [4.69, 9.17) is 0 Å². The summed E-state index contributed by atoms with van der Waals surface area (Å²) < 4.78 is 0. The third kappa shape index (κ3) is 2.56. The lowest BCUT2D eigenvalue weighted by Crippen LogP contribution is -2.09. The number of nitrogens with zero attached hydrogens (tertiary/aromatic N) is 2. The molecule has 0 unspecified atom stereocenters. The Labute approximate surface area is 107 Å². The molecule has 1 aromatic heterocycles. The van der Waals surface area contributed by atoms with Gasteiger partial charge in [0.2, 0.25) is 0 Å².